The van der Waals surface area contributed by atoms with Crippen molar-refractivity contribution in [3.63, 3.8) is 0 Å². The standard InChI is InChI=1S/C12H10ClNO2S2/c1-16-10-4-3-8(13)5-7(10)6-9-11(15)18-12(14-9)17-2/h3-6H,1-2H3/b9-6+. The lowest BCUT2D eigenvalue weighted by Gasteiger charge is -2.05. The molecule has 0 saturated carbocycles. The zero-order chi connectivity index (χ0) is 13.1. The number of halogens is 1. The van der Waals surface area contributed by atoms with Gasteiger partial charge in [-0.3, -0.25) is 4.79 Å². The maximum atomic E-state index is 11.7. The van der Waals surface area contributed by atoms with Crippen LogP contribution in [0.4, 0.5) is 0 Å². The van der Waals surface area contributed by atoms with Gasteiger partial charge in [-0.05, 0) is 42.3 Å². The molecule has 0 bridgehead atoms. The van der Waals surface area contributed by atoms with E-state index in [0.717, 1.165) is 21.7 Å². The summed E-state index contributed by atoms with van der Waals surface area (Å²) in [4.78, 5) is 16.0. The van der Waals surface area contributed by atoms with Gasteiger partial charge in [0.2, 0.25) is 5.12 Å². The van der Waals surface area contributed by atoms with Gasteiger partial charge in [-0.2, -0.15) is 0 Å². The average molecular weight is 300 g/mol. The quantitative estimate of drug-likeness (QED) is 0.781. The minimum Gasteiger partial charge on any atom is -0.496 e. The summed E-state index contributed by atoms with van der Waals surface area (Å²) in [7, 11) is 1.58. The van der Waals surface area contributed by atoms with Crippen LogP contribution in [-0.4, -0.2) is 22.9 Å². The van der Waals surface area contributed by atoms with Crippen molar-refractivity contribution in [3.8, 4) is 5.75 Å². The van der Waals surface area contributed by atoms with Gasteiger partial charge in [0.15, 0.2) is 0 Å². The number of benzene rings is 1. The third-order valence-electron chi connectivity index (χ3n) is 2.26. The van der Waals surface area contributed by atoms with Crippen molar-refractivity contribution in [2.45, 2.75) is 0 Å². The number of ether oxygens (including phenoxy) is 1. The van der Waals surface area contributed by atoms with Crippen LogP contribution in [0.5, 0.6) is 5.75 Å². The summed E-state index contributed by atoms with van der Waals surface area (Å²) < 4.78 is 5.98. The van der Waals surface area contributed by atoms with Crippen molar-refractivity contribution in [1.29, 1.82) is 0 Å². The molecule has 0 N–H and O–H groups in total. The van der Waals surface area contributed by atoms with Crippen LogP contribution in [0.3, 0.4) is 0 Å². The predicted molar refractivity (Wildman–Crippen MR) is 79.5 cm³/mol. The van der Waals surface area contributed by atoms with Crippen LogP contribution < -0.4 is 4.74 Å². The van der Waals surface area contributed by atoms with Crippen molar-refractivity contribution in [2.24, 2.45) is 4.99 Å². The van der Waals surface area contributed by atoms with E-state index >= 15 is 0 Å². The van der Waals surface area contributed by atoms with E-state index in [1.165, 1.54) is 11.8 Å². The predicted octanol–water partition coefficient (Wildman–Crippen LogP) is 3.68. The van der Waals surface area contributed by atoms with Crippen molar-refractivity contribution < 1.29 is 9.53 Å². The van der Waals surface area contributed by atoms with Crippen LogP contribution in [0.1, 0.15) is 5.56 Å². The summed E-state index contributed by atoms with van der Waals surface area (Å²) in [6.45, 7) is 0. The topological polar surface area (TPSA) is 38.7 Å². The lowest BCUT2D eigenvalue weighted by atomic mass is 10.1. The van der Waals surface area contributed by atoms with Gasteiger partial charge in [0.05, 0.1) is 7.11 Å². The van der Waals surface area contributed by atoms with Crippen LogP contribution in [-0.2, 0) is 4.79 Å². The molecule has 1 aliphatic heterocycles. The molecule has 0 amide bonds. The Labute approximate surface area is 119 Å². The van der Waals surface area contributed by atoms with Gasteiger partial charge < -0.3 is 4.74 Å². The summed E-state index contributed by atoms with van der Waals surface area (Å²) in [5, 5.41) is 0.538. The minimum atomic E-state index is -0.0543. The molecule has 18 heavy (non-hydrogen) atoms. The molecule has 3 nitrogen and oxygen atoms in total. The van der Waals surface area contributed by atoms with Crippen LogP contribution in [0.25, 0.3) is 6.08 Å². The molecule has 0 aromatic heterocycles. The summed E-state index contributed by atoms with van der Waals surface area (Å²) in [5.41, 5.74) is 1.17. The number of carbonyl (C=O) groups excluding carboxylic acids is 1. The number of thioether (sulfide) groups is 2. The number of aliphatic imine (C=N–C) groups is 1. The van der Waals surface area contributed by atoms with Gasteiger partial charge in [0, 0.05) is 10.6 Å². The van der Waals surface area contributed by atoms with Crippen LogP contribution in [0, 0.1) is 0 Å². The summed E-state index contributed by atoms with van der Waals surface area (Å²) in [6.07, 6.45) is 3.59. The van der Waals surface area contributed by atoms with Crippen LogP contribution in [0.15, 0.2) is 28.9 Å². The summed E-state index contributed by atoms with van der Waals surface area (Å²) in [6, 6.07) is 5.25. The molecule has 6 heteroatoms. The molecule has 2 rings (SSSR count). The first-order valence-electron chi connectivity index (χ1n) is 5.04. The molecular formula is C12H10ClNO2S2. The first-order chi connectivity index (χ1) is 8.63. The number of rotatable bonds is 2. The fraction of sp³-hybridized carbons (Fsp3) is 0.167. The number of nitrogens with zero attached hydrogens (tertiary/aromatic N) is 1. The third-order valence-corrected chi connectivity index (χ3v) is 4.35. The van der Waals surface area contributed by atoms with Crippen molar-refractivity contribution in [1.82, 2.24) is 0 Å². The van der Waals surface area contributed by atoms with Gasteiger partial charge in [-0.1, -0.05) is 11.6 Å². The number of methoxy groups -OCH3 is 1. The average Bonchev–Trinajstić information content (AvgIpc) is 2.71. The van der Waals surface area contributed by atoms with Crippen molar-refractivity contribution in [3.05, 3.63) is 34.5 Å². The molecule has 0 unspecified atom stereocenters. The van der Waals surface area contributed by atoms with Gasteiger partial charge in [0.25, 0.3) is 0 Å². The van der Waals surface area contributed by atoms with E-state index in [2.05, 4.69) is 4.99 Å². The molecule has 0 aliphatic carbocycles. The second-order valence-corrected chi connectivity index (χ2v) is 5.84. The Bertz CT molecular complexity index is 555. The molecule has 0 atom stereocenters. The largest absolute Gasteiger partial charge is 0.496 e. The lowest BCUT2D eigenvalue weighted by Crippen LogP contribution is -1.91. The minimum absolute atomic E-state index is 0.0543. The van der Waals surface area contributed by atoms with Gasteiger partial charge in [-0.15, -0.1) is 11.8 Å². The second kappa shape index (κ2) is 5.82. The molecule has 1 aromatic rings. The molecule has 0 radical (unpaired) electrons. The molecule has 94 valence electrons. The van der Waals surface area contributed by atoms with Gasteiger partial charge in [0.1, 0.15) is 15.8 Å². The number of hydrogen-bond donors (Lipinski definition) is 0. The SMILES string of the molecule is COc1ccc(Cl)cc1/C=C1/N=C(SC)SC1=O. The first-order valence-corrected chi connectivity index (χ1v) is 7.46. The van der Waals surface area contributed by atoms with Crippen LogP contribution in [0.2, 0.25) is 5.02 Å². The monoisotopic (exact) mass is 299 g/mol. The van der Waals surface area contributed by atoms with Crippen molar-refractivity contribution >= 4 is 50.7 Å². The smallest absolute Gasteiger partial charge is 0.244 e. The summed E-state index contributed by atoms with van der Waals surface area (Å²) >= 11 is 8.54. The Morgan fingerprint density at radius 2 is 2.28 bits per heavy atom. The fourth-order valence-electron chi connectivity index (χ4n) is 1.44. The first kappa shape index (κ1) is 13.5. The molecule has 1 aromatic carbocycles. The number of carbonyl (C=O) groups is 1. The zero-order valence-electron chi connectivity index (χ0n) is 9.77. The Kier molecular flexibility index (Phi) is 4.37. The molecule has 1 aliphatic rings. The van der Waals surface area contributed by atoms with Gasteiger partial charge in [-0.25, -0.2) is 4.99 Å². The number of hydrogen-bond acceptors (Lipinski definition) is 5. The fourth-order valence-corrected chi connectivity index (χ4v) is 2.88. The Balaban J connectivity index is 2.41. The highest BCUT2D eigenvalue weighted by Crippen LogP contribution is 2.32. The van der Waals surface area contributed by atoms with E-state index in [9.17, 15) is 4.79 Å². The molecule has 0 fully saturated rings. The maximum absolute atomic E-state index is 11.7. The van der Waals surface area contributed by atoms with E-state index in [1.54, 1.807) is 31.4 Å². The normalized spacial score (nSPS) is 17.2. The maximum Gasteiger partial charge on any atom is 0.244 e. The van der Waals surface area contributed by atoms with E-state index in [4.69, 9.17) is 16.3 Å². The lowest BCUT2D eigenvalue weighted by molar-refractivity contribution is -0.107. The third kappa shape index (κ3) is 2.91. The highest BCUT2D eigenvalue weighted by atomic mass is 35.5. The van der Waals surface area contributed by atoms with E-state index in [0.29, 0.717) is 16.5 Å². The van der Waals surface area contributed by atoms with Gasteiger partial charge >= 0.3 is 0 Å². The summed E-state index contributed by atoms with van der Waals surface area (Å²) in [5.74, 6) is 0.664. The second-order valence-electron chi connectivity index (χ2n) is 3.39. The molecule has 0 spiro atoms. The van der Waals surface area contributed by atoms with E-state index < -0.39 is 0 Å². The van der Waals surface area contributed by atoms with Crippen LogP contribution >= 0.6 is 35.1 Å². The Morgan fingerprint density at radius 1 is 1.50 bits per heavy atom. The highest BCUT2D eigenvalue weighted by Gasteiger charge is 2.21. The van der Waals surface area contributed by atoms with Crippen molar-refractivity contribution in [2.75, 3.05) is 13.4 Å². The molecular weight excluding hydrogens is 290 g/mol. The highest BCUT2D eigenvalue weighted by molar-refractivity contribution is 8.45. The molecule has 1 heterocycles. The van der Waals surface area contributed by atoms with E-state index in [-0.39, 0.29) is 5.12 Å². The zero-order valence-corrected chi connectivity index (χ0v) is 12.2. The van der Waals surface area contributed by atoms with E-state index in [1.807, 2.05) is 6.26 Å². The Hall–Kier alpha value is -0.910. The Morgan fingerprint density at radius 3 is 2.89 bits per heavy atom. The molecule has 0 saturated heterocycles.